The van der Waals surface area contributed by atoms with Crippen molar-refractivity contribution in [3.8, 4) is 11.5 Å². The summed E-state index contributed by atoms with van der Waals surface area (Å²) < 4.78 is 11.0. The van der Waals surface area contributed by atoms with E-state index < -0.39 is 17.7 Å². The van der Waals surface area contributed by atoms with Gasteiger partial charge in [-0.3, -0.25) is 14.5 Å². The van der Waals surface area contributed by atoms with Crippen molar-refractivity contribution in [2.24, 2.45) is 0 Å². The minimum atomic E-state index is -0.843. The summed E-state index contributed by atoms with van der Waals surface area (Å²) in [5.41, 5.74) is 4.43. The maximum Gasteiger partial charge on any atom is 0.300 e. The van der Waals surface area contributed by atoms with E-state index in [9.17, 15) is 14.7 Å². The number of Topliss-reactive ketones (excluding diaryl/α,β-unsaturated/α-hetero) is 1. The number of ketones is 1. The van der Waals surface area contributed by atoms with Crippen LogP contribution in [0.3, 0.4) is 0 Å². The number of methoxy groups -OCH3 is 2. The van der Waals surface area contributed by atoms with Crippen LogP contribution in [0, 0.1) is 6.92 Å². The standard InChI is InChI=1S/C33H37NO5/c1-19(2)25-18-26(20(3)16-27(25)39-8)30(35)28-29(21-10-9-11-24(17-21)38-7)34(32(37)31(28)36)23-14-12-22(13-15-23)33(4,5)6/h9-19,29,35H,1-8H3/b30-28+. The normalized spacial score (nSPS) is 17.2. The second-order valence-electron chi connectivity index (χ2n) is 11.3. The van der Waals surface area contributed by atoms with Crippen LogP contribution in [0.1, 0.15) is 74.4 Å². The molecule has 1 aliphatic heterocycles. The molecule has 0 radical (unpaired) electrons. The molecule has 1 unspecified atom stereocenters. The fourth-order valence-electron chi connectivity index (χ4n) is 5.07. The summed E-state index contributed by atoms with van der Waals surface area (Å²) in [6.45, 7) is 12.3. The Balaban J connectivity index is 1.97. The molecule has 3 aromatic rings. The first-order valence-corrected chi connectivity index (χ1v) is 13.1. The molecule has 204 valence electrons. The lowest BCUT2D eigenvalue weighted by Crippen LogP contribution is -2.29. The van der Waals surface area contributed by atoms with Crippen LogP contribution in [-0.4, -0.2) is 31.0 Å². The number of nitrogens with zero attached hydrogens (tertiary/aromatic N) is 1. The molecule has 0 spiro atoms. The number of carbonyl (C=O) groups is 2. The molecule has 6 heteroatoms. The summed E-state index contributed by atoms with van der Waals surface area (Å²) in [6.07, 6.45) is 0. The minimum Gasteiger partial charge on any atom is -0.507 e. The maximum absolute atomic E-state index is 13.7. The molecule has 6 nitrogen and oxygen atoms in total. The first-order chi connectivity index (χ1) is 18.4. The van der Waals surface area contributed by atoms with Crippen molar-refractivity contribution in [1.82, 2.24) is 0 Å². The zero-order valence-electron chi connectivity index (χ0n) is 24.0. The second-order valence-corrected chi connectivity index (χ2v) is 11.3. The van der Waals surface area contributed by atoms with Gasteiger partial charge in [-0.1, -0.05) is 58.9 Å². The summed E-state index contributed by atoms with van der Waals surface area (Å²) in [7, 11) is 3.18. The zero-order chi connectivity index (χ0) is 28.6. The molecule has 3 aromatic carbocycles. The number of aryl methyl sites for hydroxylation is 1. The SMILES string of the molecule is COc1cccc(C2/C(=C(\O)c3cc(C(C)C)c(OC)cc3C)C(=O)C(=O)N2c2ccc(C(C)(C)C)cc2)c1. The lowest BCUT2D eigenvalue weighted by Gasteiger charge is -2.27. The van der Waals surface area contributed by atoms with Gasteiger partial charge in [0.05, 0.1) is 25.8 Å². The van der Waals surface area contributed by atoms with Gasteiger partial charge in [0.25, 0.3) is 11.7 Å². The molecule has 1 atom stereocenters. The van der Waals surface area contributed by atoms with E-state index in [1.54, 1.807) is 26.4 Å². The largest absolute Gasteiger partial charge is 0.507 e. The van der Waals surface area contributed by atoms with E-state index in [4.69, 9.17) is 9.47 Å². The third kappa shape index (κ3) is 5.16. The number of benzene rings is 3. The van der Waals surface area contributed by atoms with Crippen molar-refractivity contribution in [2.75, 3.05) is 19.1 Å². The highest BCUT2D eigenvalue weighted by Crippen LogP contribution is 2.44. The van der Waals surface area contributed by atoms with E-state index in [0.29, 0.717) is 28.3 Å². The molecule has 1 amide bonds. The highest BCUT2D eigenvalue weighted by Gasteiger charge is 2.47. The molecule has 0 bridgehead atoms. The van der Waals surface area contributed by atoms with E-state index in [1.807, 2.05) is 69.3 Å². The molecule has 1 aliphatic rings. The molecule has 0 aromatic heterocycles. The molecular weight excluding hydrogens is 490 g/mol. The predicted molar refractivity (Wildman–Crippen MR) is 155 cm³/mol. The van der Waals surface area contributed by atoms with Crippen molar-refractivity contribution >= 4 is 23.1 Å². The van der Waals surface area contributed by atoms with Crippen LogP contribution >= 0.6 is 0 Å². The van der Waals surface area contributed by atoms with Gasteiger partial charge in [-0.25, -0.2) is 0 Å². The molecule has 0 aliphatic carbocycles. The summed E-state index contributed by atoms with van der Waals surface area (Å²) in [4.78, 5) is 28.7. The third-order valence-corrected chi connectivity index (χ3v) is 7.32. The highest BCUT2D eigenvalue weighted by molar-refractivity contribution is 6.51. The van der Waals surface area contributed by atoms with E-state index in [2.05, 4.69) is 20.8 Å². The number of amides is 1. The van der Waals surface area contributed by atoms with Crippen LogP contribution in [0.15, 0.2) is 66.2 Å². The lowest BCUT2D eigenvalue weighted by atomic mass is 9.87. The number of ether oxygens (including phenoxy) is 2. The quantitative estimate of drug-likeness (QED) is 0.211. The van der Waals surface area contributed by atoms with Crippen molar-refractivity contribution in [3.05, 3.63) is 94.1 Å². The van der Waals surface area contributed by atoms with Crippen molar-refractivity contribution in [3.63, 3.8) is 0 Å². The van der Waals surface area contributed by atoms with Crippen LogP contribution < -0.4 is 14.4 Å². The predicted octanol–water partition coefficient (Wildman–Crippen LogP) is 7.06. The number of anilines is 1. The monoisotopic (exact) mass is 527 g/mol. The van der Waals surface area contributed by atoms with E-state index in [0.717, 1.165) is 16.7 Å². The summed E-state index contributed by atoms with van der Waals surface area (Å²) in [6, 6.07) is 17.8. The molecule has 1 saturated heterocycles. The molecule has 0 saturated carbocycles. The Labute approximate surface area is 230 Å². The molecule has 4 rings (SSSR count). The Morgan fingerprint density at radius 1 is 0.949 bits per heavy atom. The summed E-state index contributed by atoms with van der Waals surface area (Å²) >= 11 is 0. The minimum absolute atomic E-state index is 0.0381. The van der Waals surface area contributed by atoms with Gasteiger partial charge >= 0.3 is 0 Å². The number of hydrogen-bond donors (Lipinski definition) is 1. The van der Waals surface area contributed by atoms with Gasteiger partial charge in [0.2, 0.25) is 0 Å². The van der Waals surface area contributed by atoms with Gasteiger partial charge in [0, 0.05) is 11.3 Å². The van der Waals surface area contributed by atoms with Gasteiger partial charge in [0.1, 0.15) is 17.3 Å². The number of aliphatic hydroxyl groups excluding tert-OH is 1. The Kier molecular flexibility index (Phi) is 7.60. The average Bonchev–Trinajstić information content (AvgIpc) is 3.17. The highest BCUT2D eigenvalue weighted by atomic mass is 16.5. The molecule has 1 heterocycles. The lowest BCUT2D eigenvalue weighted by molar-refractivity contribution is -0.132. The van der Waals surface area contributed by atoms with Crippen molar-refractivity contribution in [2.45, 2.75) is 58.9 Å². The van der Waals surface area contributed by atoms with Crippen molar-refractivity contribution in [1.29, 1.82) is 0 Å². The van der Waals surface area contributed by atoms with Gasteiger partial charge < -0.3 is 14.6 Å². The summed E-state index contributed by atoms with van der Waals surface area (Å²) in [5, 5.41) is 11.7. The Hall–Kier alpha value is -4.06. The number of carbonyl (C=O) groups excluding carboxylic acids is 2. The van der Waals surface area contributed by atoms with Crippen LogP contribution in [0.4, 0.5) is 5.69 Å². The molecular formula is C33H37NO5. The first-order valence-electron chi connectivity index (χ1n) is 13.1. The maximum atomic E-state index is 13.7. The van der Waals surface area contributed by atoms with E-state index in [-0.39, 0.29) is 22.7 Å². The zero-order valence-corrected chi connectivity index (χ0v) is 24.0. The second kappa shape index (κ2) is 10.6. The van der Waals surface area contributed by atoms with Crippen LogP contribution in [0.5, 0.6) is 11.5 Å². The van der Waals surface area contributed by atoms with Gasteiger partial charge in [-0.2, -0.15) is 0 Å². The Bertz CT molecular complexity index is 1440. The van der Waals surface area contributed by atoms with Crippen LogP contribution in [0.2, 0.25) is 0 Å². The first kappa shape index (κ1) is 28.0. The third-order valence-electron chi connectivity index (χ3n) is 7.32. The fraction of sp³-hybridized carbons (Fsp3) is 0.333. The number of rotatable bonds is 6. The molecule has 1 N–H and O–H groups in total. The number of hydrogen-bond acceptors (Lipinski definition) is 5. The average molecular weight is 528 g/mol. The van der Waals surface area contributed by atoms with Gasteiger partial charge in [-0.15, -0.1) is 0 Å². The van der Waals surface area contributed by atoms with Crippen molar-refractivity contribution < 1.29 is 24.2 Å². The molecule has 39 heavy (non-hydrogen) atoms. The van der Waals surface area contributed by atoms with Gasteiger partial charge in [0.15, 0.2) is 0 Å². The van der Waals surface area contributed by atoms with Crippen LogP contribution in [-0.2, 0) is 15.0 Å². The topological polar surface area (TPSA) is 76.1 Å². The van der Waals surface area contributed by atoms with Gasteiger partial charge in [-0.05, 0) is 76.9 Å². The van der Waals surface area contributed by atoms with E-state index >= 15 is 0 Å². The fourth-order valence-corrected chi connectivity index (χ4v) is 5.07. The number of aliphatic hydroxyl groups is 1. The Morgan fingerprint density at radius 3 is 2.18 bits per heavy atom. The molecule has 1 fully saturated rings. The smallest absolute Gasteiger partial charge is 0.300 e. The van der Waals surface area contributed by atoms with E-state index in [1.165, 1.54) is 4.90 Å². The Morgan fingerprint density at radius 2 is 1.62 bits per heavy atom. The van der Waals surface area contributed by atoms with Crippen LogP contribution in [0.25, 0.3) is 5.76 Å². The summed E-state index contributed by atoms with van der Waals surface area (Å²) in [5.74, 6) is -0.224.